The molecule has 0 spiro atoms. The molecule has 1 aliphatic rings. The molecule has 0 saturated carbocycles. The molecule has 3 aromatic carbocycles. The predicted octanol–water partition coefficient (Wildman–Crippen LogP) is 3.24. The fraction of sp³-hybridized carbons (Fsp3) is 0.0417. The molecule has 0 unspecified atom stereocenters. The van der Waals surface area contributed by atoms with Crippen LogP contribution in [-0.2, 0) is 4.79 Å². The lowest BCUT2D eigenvalue weighted by Gasteiger charge is -2.09. The Labute approximate surface area is 193 Å². The molecule has 1 aliphatic heterocycles. The summed E-state index contributed by atoms with van der Waals surface area (Å²) in [6.45, 7) is 0.0981. The largest absolute Gasteiger partial charge is 0.454 e. The first-order valence-corrected chi connectivity index (χ1v) is 10.1. The van der Waals surface area contributed by atoms with Crippen molar-refractivity contribution in [3.63, 3.8) is 0 Å². The minimum Gasteiger partial charge on any atom is -0.454 e. The van der Waals surface area contributed by atoms with E-state index in [1.165, 1.54) is 24.3 Å². The van der Waals surface area contributed by atoms with Gasteiger partial charge in [-0.05, 0) is 42.0 Å². The van der Waals surface area contributed by atoms with Gasteiger partial charge >= 0.3 is 0 Å². The highest BCUT2D eigenvalue weighted by Gasteiger charge is 2.17. The second kappa shape index (κ2) is 10.1. The zero-order valence-electron chi connectivity index (χ0n) is 17.6. The maximum Gasteiger partial charge on any atom is 0.287 e. The highest BCUT2D eigenvalue weighted by molar-refractivity contribution is 6.05. The Morgan fingerprint density at radius 2 is 1.71 bits per heavy atom. The van der Waals surface area contributed by atoms with E-state index < -0.39 is 16.7 Å². The average molecular weight is 458 g/mol. The van der Waals surface area contributed by atoms with Gasteiger partial charge in [-0.2, -0.15) is 5.10 Å². The lowest BCUT2D eigenvalue weighted by molar-refractivity contribution is -0.385. The summed E-state index contributed by atoms with van der Waals surface area (Å²) in [5, 5.41) is 17.6. The molecule has 0 fully saturated rings. The monoisotopic (exact) mass is 458 g/mol. The molecule has 3 aromatic rings. The average Bonchev–Trinajstić information content (AvgIpc) is 3.32. The van der Waals surface area contributed by atoms with Crippen LogP contribution in [0.1, 0.15) is 21.5 Å². The molecule has 1 heterocycles. The van der Waals surface area contributed by atoms with Gasteiger partial charge in [0.1, 0.15) is 5.70 Å². The maximum atomic E-state index is 12.9. The van der Waals surface area contributed by atoms with E-state index in [0.29, 0.717) is 22.6 Å². The molecule has 0 aliphatic carbocycles. The SMILES string of the molecule is O=C(NN=Cc1ccccc1[N+](=O)[O-])C(=Cc1ccc2c(c1)OCO2)NC(=O)c1ccccc1. The summed E-state index contributed by atoms with van der Waals surface area (Å²) in [6, 6.07) is 19.4. The van der Waals surface area contributed by atoms with Crippen molar-refractivity contribution in [3.05, 3.63) is 105 Å². The minimum atomic E-state index is -0.725. The highest BCUT2D eigenvalue weighted by atomic mass is 16.7. The topological polar surface area (TPSA) is 132 Å². The van der Waals surface area contributed by atoms with E-state index in [1.54, 1.807) is 54.6 Å². The quantitative estimate of drug-likeness (QED) is 0.242. The van der Waals surface area contributed by atoms with Crippen molar-refractivity contribution in [2.24, 2.45) is 5.10 Å². The third-order valence-electron chi connectivity index (χ3n) is 4.74. The van der Waals surface area contributed by atoms with Crippen LogP contribution in [0.3, 0.4) is 0 Å². The summed E-state index contributed by atoms with van der Waals surface area (Å²) in [4.78, 5) is 36.1. The number of carbonyl (C=O) groups excluding carboxylic acids is 2. The molecule has 34 heavy (non-hydrogen) atoms. The lowest BCUT2D eigenvalue weighted by atomic mass is 10.1. The standard InChI is InChI=1S/C24H18N4O6/c29-23(17-6-2-1-3-7-17)26-19(12-16-10-11-21-22(13-16)34-15-33-21)24(30)27-25-14-18-8-4-5-9-20(18)28(31)32/h1-14H,15H2,(H,26,29)(H,27,30). The molecule has 0 saturated heterocycles. The fourth-order valence-electron chi connectivity index (χ4n) is 3.10. The summed E-state index contributed by atoms with van der Waals surface area (Å²) in [6.07, 6.45) is 2.62. The first-order valence-electron chi connectivity index (χ1n) is 10.1. The van der Waals surface area contributed by atoms with Crippen molar-refractivity contribution < 1.29 is 24.0 Å². The van der Waals surface area contributed by atoms with Crippen LogP contribution in [0.15, 0.2) is 83.6 Å². The van der Waals surface area contributed by atoms with Crippen molar-refractivity contribution in [1.29, 1.82) is 0 Å². The van der Waals surface area contributed by atoms with Gasteiger partial charge in [0.25, 0.3) is 17.5 Å². The summed E-state index contributed by atoms with van der Waals surface area (Å²) >= 11 is 0. The number of ether oxygens (including phenoxy) is 2. The fourth-order valence-corrected chi connectivity index (χ4v) is 3.10. The van der Waals surface area contributed by atoms with Crippen LogP contribution < -0.4 is 20.2 Å². The lowest BCUT2D eigenvalue weighted by Crippen LogP contribution is -2.32. The highest BCUT2D eigenvalue weighted by Crippen LogP contribution is 2.33. The van der Waals surface area contributed by atoms with Crippen LogP contribution in [0, 0.1) is 10.1 Å². The van der Waals surface area contributed by atoms with Crippen LogP contribution in [0.5, 0.6) is 11.5 Å². The van der Waals surface area contributed by atoms with E-state index in [-0.39, 0.29) is 23.7 Å². The van der Waals surface area contributed by atoms with Gasteiger partial charge in [-0.3, -0.25) is 19.7 Å². The number of fused-ring (bicyclic) bond motifs is 1. The maximum absolute atomic E-state index is 12.9. The predicted molar refractivity (Wildman–Crippen MR) is 123 cm³/mol. The van der Waals surface area contributed by atoms with E-state index in [1.807, 2.05) is 0 Å². The van der Waals surface area contributed by atoms with Crippen molar-refractivity contribution in [2.75, 3.05) is 6.79 Å². The summed E-state index contributed by atoms with van der Waals surface area (Å²) in [7, 11) is 0. The Bertz CT molecular complexity index is 1300. The number of nitro benzene ring substituents is 1. The van der Waals surface area contributed by atoms with Gasteiger partial charge < -0.3 is 14.8 Å². The number of hydrogen-bond acceptors (Lipinski definition) is 7. The zero-order chi connectivity index (χ0) is 23.9. The smallest absolute Gasteiger partial charge is 0.287 e. The van der Waals surface area contributed by atoms with Gasteiger partial charge in [-0.15, -0.1) is 0 Å². The van der Waals surface area contributed by atoms with E-state index in [2.05, 4.69) is 15.8 Å². The number of para-hydroxylation sites is 1. The van der Waals surface area contributed by atoms with Gasteiger partial charge in [-0.1, -0.05) is 36.4 Å². The molecule has 0 bridgehead atoms. The van der Waals surface area contributed by atoms with Gasteiger partial charge in [0.2, 0.25) is 6.79 Å². The van der Waals surface area contributed by atoms with Gasteiger partial charge in [0.15, 0.2) is 11.5 Å². The Balaban J connectivity index is 1.57. The first kappa shape index (κ1) is 22.2. The molecule has 10 heteroatoms. The van der Waals surface area contributed by atoms with E-state index >= 15 is 0 Å². The van der Waals surface area contributed by atoms with Crippen LogP contribution in [-0.4, -0.2) is 29.7 Å². The number of rotatable bonds is 7. The van der Waals surface area contributed by atoms with Crippen molar-refractivity contribution in [1.82, 2.24) is 10.7 Å². The molecule has 4 rings (SSSR count). The molecule has 2 N–H and O–H groups in total. The molecule has 0 radical (unpaired) electrons. The molecule has 10 nitrogen and oxygen atoms in total. The molecular formula is C24H18N4O6. The number of nitro groups is 1. The number of carbonyl (C=O) groups is 2. The number of hydrogen-bond donors (Lipinski definition) is 2. The third-order valence-corrected chi connectivity index (χ3v) is 4.74. The van der Waals surface area contributed by atoms with E-state index in [4.69, 9.17) is 9.47 Å². The summed E-state index contributed by atoms with van der Waals surface area (Å²) in [5.74, 6) is -0.134. The molecule has 0 aromatic heterocycles. The van der Waals surface area contributed by atoms with Crippen LogP contribution in [0.4, 0.5) is 5.69 Å². The van der Waals surface area contributed by atoms with Crippen LogP contribution in [0.2, 0.25) is 0 Å². The summed E-state index contributed by atoms with van der Waals surface area (Å²) < 4.78 is 10.6. The number of amides is 2. The zero-order valence-corrected chi connectivity index (χ0v) is 17.6. The second-order valence-electron chi connectivity index (χ2n) is 7.01. The van der Waals surface area contributed by atoms with Crippen molar-refractivity contribution >= 4 is 29.8 Å². The number of benzene rings is 3. The Morgan fingerprint density at radius 1 is 0.971 bits per heavy atom. The number of nitrogens with one attached hydrogen (secondary N) is 2. The second-order valence-corrected chi connectivity index (χ2v) is 7.01. The Hall–Kier alpha value is -4.99. The van der Waals surface area contributed by atoms with E-state index in [0.717, 1.165) is 6.21 Å². The summed E-state index contributed by atoms with van der Waals surface area (Å²) in [5.41, 5.74) is 3.19. The van der Waals surface area contributed by atoms with Crippen LogP contribution in [0.25, 0.3) is 6.08 Å². The molecule has 0 atom stereocenters. The number of hydrazone groups is 1. The minimum absolute atomic E-state index is 0.0903. The van der Waals surface area contributed by atoms with Crippen molar-refractivity contribution in [3.8, 4) is 11.5 Å². The number of nitrogens with zero attached hydrogens (tertiary/aromatic N) is 2. The van der Waals surface area contributed by atoms with Gasteiger partial charge in [-0.25, -0.2) is 5.43 Å². The van der Waals surface area contributed by atoms with Crippen molar-refractivity contribution in [2.45, 2.75) is 0 Å². The Kier molecular flexibility index (Phi) is 6.59. The molecule has 170 valence electrons. The first-order chi connectivity index (χ1) is 16.5. The molecular weight excluding hydrogens is 440 g/mol. The van der Waals surface area contributed by atoms with Gasteiger partial charge in [0, 0.05) is 11.6 Å². The van der Waals surface area contributed by atoms with Gasteiger partial charge in [0.05, 0.1) is 16.7 Å². The normalized spacial score (nSPS) is 12.4. The van der Waals surface area contributed by atoms with E-state index in [9.17, 15) is 19.7 Å². The van der Waals surface area contributed by atoms with Crippen LogP contribution >= 0.6 is 0 Å². The third kappa shape index (κ3) is 5.25. The molecule has 2 amide bonds. The Morgan fingerprint density at radius 3 is 2.50 bits per heavy atom.